The first-order valence-corrected chi connectivity index (χ1v) is 7.36. The second-order valence-electron chi connectivity index (χ2n) is 4.62. The van der Waals surface area contributed by atoms with Gasteiger partial charge in [0, 0.05) is 36.9 Å². The fourth-order valence-corrected chi connectivity index (χ4v) is 2.16. The van der Waals surface area contributed by atoms with Gasteiger partial charge in [-0.1, -0.05) is 12.1 Å². The maximum atomic E-state index is 11.6. The predicted octanol–water partition coefficient (Wildman–Crippen LogP) is 1.48. The quantitative estimate of drug-likeness (QED) is 0.807. The van der Waals surface area contributed by atoms with Crippen LogP contribution < -0.4 is 5.32 Å². The molecule has 1 unspecified atom stereocenters. The van der Waals surface area contributed by atoms with Gasteiger partial charge >= 0.3 is 0 Å². The number of aliphatic hydroxyl groups excluding tert-OH is 1. The first-order valence-electron chi connectivity index (χ1n) is 6.41. The van der Waals surface area contributed by atoms with Crippen LogP contribution in [0.5, 0.6) is 0 Å². The summed E-state index contributed by atoms with van der Waals surface area (Å²) in [7, 11) is 0. The van der Waals surface area contributed by atoms with Gasteiger partial charge in [0.2, 0.25) is 17.6 Å². The lowest BCUT2D eigenvalue weighted by atomic mass is 10.2. The van der Waals surface area contributed by atoms with E-state index in [0.717, 1.165) is 5.56 Å². The Morgan fingerprint density at radius 1 is 1.60 bits per heavy atom. The van der Waals surface area contributed by atoms with Crippen LogP contribution in [-0.4, -0.2) is 34.3 Å². The summed E-state index contributed by atoms with van der Waals surface area (Å²) in [6.45, 7) is 2.40. The normalized spacial score (nSPS) is 12.3. The van der Waals surface area contributed by atoms with E-state index >= 15 is 0 Å². The number of hydrogen-bond donors (Lipinski definition) is 2. The minimum atomic E-state index is -0.0828. The minimum absolute atomic E-state index is 0.0625. The summed E-state index contributed by atoms with van der Waals surface area (Å²) in [4.78, 5) is 15.8. The van der Waals surface area contributed by atoms with Crippen molar-refractivity contribution in [3.05, 3.63) is 22.7 Å². The molecule has 2 N–H and O–H groups in total. The third kappa shape index (κ3) is 4.14. The van der Waals surface area contributed by atoms with Gasteiger partial charge in [0.25, 0.3) is 0 Å². The molecule has 0 radical (unpaired) electrons. The highest BCUT2D eigenvalue weighted by Crippen LogP contribution is 2.18. The topological polar surface area (TPSA) is 88.2 Å². The highest BCUT2D eigenvalue weighted by Gasteiger charge is 2.11. The molecule has 0 fully saturated rings. The van der Waals surface area contributed by atoms with E-state index in [1.54, 1.807) is 11.3 Å². The molecule has 0 saturated heterocycles. The second kappa shape index (κ2) is 7.16. The molecule has 2 aromatic rings. The smallest absolute Gasteiger partial charge is 0.227 e. The van der Waals surface area contributed by atoms with Crippen LogP contribution in [0.4, 0.5) is 0 Å². The average molecular weight is 295 g/mol. The van der Waals surface area contributed by atoms with Crippen molar-refractivity contribution in [1.29, 1.82) is 0 Å². The lowest BCUT2D eigenvalue weighted by Crippen LogP contribution is -2.29. The van der Waals surface area contributed by atoms with Crippen LogP contribution >= 0.6 is 11.3 Å². The van der Waals surface area contributed by atoms with E-state index in [0.29, 0.717) is 31.1 Å². The van der Waals surface area contributed by atoms with E-state index in [1.165, 1.54) is 0 Å². The van der Waals surface area contributed by atoms with Crippen molar-refractivity contribution >= 4 is 17.2 Å². The van der Waals surface area contributed by atoms with Crippen LogP contribution in [0, 0.1) is 5.92 Å². The molecule has 0 bridgehead atoms. The van der Waals surface area contributed by atoms with Crippen molar-refractivity contribution in [2.75, 3.05) is 13.2 Å². The Kier molecular flexibility index (Phi) is 5.25. The van der Waals surface area contributed by atoms with Crippen LogP contribution in [0.25, 0.3) is 11.4 Å². The molecule has 2 rings (SSSR count). The van der Waals surface area contributed by atoms with Gasteiger partial charge in [0.05, 0.1) is 0 Å². The monoisotopic (exact) mass is 295 g/mol. The third-order valence-electron chi connectivity index (χ3n) is 2.77. The molecule has 108 valence electrons. The number of nitrogens with zero attached hydrogens (tertiary/aromatic N) is 2. The van der Waals surface area contributed by atoms with E-state index in [9.17, 15) is 4.79 Å². The number of amides is 1. The van der Waals surface area contributed by atoms with Crippen molar-refractivity contribution in [1.82, 2.24) is 15.5 Å². The van der Waals surface area contributed by atoms with E-state index < -0.39 is 0 Å². The molecular weight excluding hydrogens is 278 g/mol. The molecule has 1 amide bonds. The fraction of sp³-hybridized carbons (Fsp3) is 0.462. The molecule has 2 aromatic heterocycles. The third-order valence-corrected chi connectivity index (χ3v) is 3.46. The number of aryl methyl sites for hydroxylation is 1. The maximum Gasteiger partial charge on any atom is 0.227 e. The Labute approximate surface area is 120 Å². The second-order valence-corrected chi connectivity index (χ2v) is 5.40. The molecule has 2 heterocycles. The van der Waals surface area contributed by atoms with E-state index in [1.807, 2.05) is 23.8 Å². The zero-order valence-electron chi connectivity index (χ0n) is 11.2. The highest BCUT2D eigenvalue weighted by atomic mass is 32.1. The number of nitrogens with one attached hydrogen (secondary N) is 1. The summed E-state index contributed by atoms with van der Waals surface area (Å²) in [5, 5.41) is 19.4. The highest BCUT2D eigenvalue weighted by molar-refractivity contribution is 7.08. The lowest BCUT2D eigenvalue weighted by Gasteiger charge is -2.08. The number of aliphatic hydroxyl groups is 1. The van der Waals surface area contributed by atoms with Crippen molar-refractivity contribution in [2.24, 2.45) is 5.92 Å². The van der Waals surface area contributed by atoms with Gasteiger partial charge in [-0.3, -0.25) is 4.79 Å². The molecule has 0 aliphatic rings. The Bertz CT molecular complexity index is 539. The van der Waals surface area contributed by atoms with Crippen molar-refractivity contribution < 1.29 is 14.4 Å². The van der Waals surface area contributed by atoms with E-state index in [4.69, 9.17) is 9.63 Å². The summed E-state index contributed by atoms with van der Waals surface area (Å²) in [5.41, 5.74) is 0.922. The van der Waals surface area contributed by atoms with Gasteiger partial charge in [-0.05, 0) is 17.4 Å². The molecule has 0 aliphatic heterocycles. The number of carbonyl (C=O) groups excluding carboxylic acids is 1. The van der Waals surface area contributed by atoms with E-state index in [-0.39, 0.29) is 18.4 Å². The van der Waals surface area contributed by atoms with E-state index in [2.05, 4.69) is 15.5 Å². The van der Waals surface area contributed by atoms with Gasteiger partial charge in [-0.15, -0.1) is 0 Å². The molecular formula is C13H17N3O3S. The number of carbonyl (C=O) groups is 1. The first-order chi connectivity index (χ1) is 9.69. The molecule has 0 aliphatic carbocycles. The lowest BCUT2D eigenvalue weighted by molar-refractivity contribution is -0.121. The average Bonchev–Trinajstić information content (AvgIpc) is 3.12. The molecule has 0 saturated carbocycles. The summed E-state index contributed by atoms with van der Waals surface area (Å²) in [5.74, 6) is 0.986. The van der Waals surface area contributed by atoms with Crippen molar-refractivity contribution in [2.45, 2.75) is 19.8 Å². The Balaban J connectivity index is 1.78. The maximum absolute atomic E-state index is 11.6. The number of rotatable bonds is 7. The predicted molar refractivity (Wildman–Crippen MR) is 75.2 cm³/mol. The van der Waals surface area contributed by atoms with Crippen LogP contribution in [0.15, 0.2) is 21.3 Å². The Hall–Kier alpha value is -1.73. The molecule has 0 aromatic carbocycles. The van der Waals surface area contributed by atoms with Crippen LogP contribution in [0.3, 0.4) is 0 Å². The zero-order valence-corrected chi connectivity index (χ0v) is 12.0. The van der Waals surface area contributed by atoms with Gasteiger partial charge in [0.15, 0.2) is 0 Å². The minimum Gasteiger partial charge on any atom is -0.396 e. The first kappa shape index (κ1) is 14.7. The van der Waals surface area contributed by atoms with Crippen molar-refractivity contribution in [3.8, 4) is 11.4 Å². The molecule has 0 spiro atoms. The Morgan fingerprint density at radius 3 is 3.15 bits per heavy atom. The molecule has 20 heavy (non-hydrogen) atoms. The van der Waals surface area contributed by atoms with Crippen LogP contribution in [0.1, 0.15) is 19.2 Å². The summed E-state index contributed by atoms with van der Waals surface area (Å²) < 4.78 is 5.11. The van der Waals surface area contributed by atoms with Gasteiger partial charge in [0.1, 0.15) is 0 Å². The summed E-state index contributed by atoms with van der Waals surface area (Å²) in [6, 6.07) is 1.92. The zero-order chi connectivity index (χ0) is 14.4. The SMILES string of the molecule is CC(CO)CNC(=O)CCc1nc(-c2ccsc2)no1. The molecule has 7 heteroatoms. The molecule has 6 nitrogen and oxygen atoms in total. The van der Waals surface area contributed by atoms with Crippen LogP contribution in [0.2, 0.25) is 0 Å². The van der Waals surface area contributed by atoms with Crippen LogP contribution in [-0.2, 0) is 11.2 Å². The molecule has 1 atom stereocenters. The van der Waals surface area contributed by atoms with Gasteiger partial charge in [-0.25, -0.2) is 0 Å². The number of thiophene rings is 1. The largest absolute Gasteiger partial charge is 0.396 e. The Morgan fingerprint density at radius 2 is 2.45 bits per heavy atom. The number of hydrogen-bond acceptors (Lipinski definition) is 6. The van der Waals surface area contributed by atoms with Gasteiger partial charge < -0.3 is 14.9 Å². The van der Waals surface area contributed by atoms with Crippen molar-refractivity contribution in [3.63, 3.8) is 0 Å². The van der Waals surface area contributed by atoms with Gasteiger partial charge in [-0.2, -0.15) is 16.3 Å². The summed E-state index contributed by atoms with van der Waals surface area (Å²) >= 11 is 1.57. The fourth-order valence-electron chi connectivity index (χ4n) is 1.53. The summed E-state index contributed by atoms with van der Waals surface area (Å²) in [6.07, 6.45) is 0.708. The number of aromatic nitrogens is 2. The standard InChI is InChI=1S/C13H17N3O3S/c1-9(7-17)6-14-11(18)2-3-12-15-13(16-19-12)10-4-5-20-8-10/h4-5,8-9,17H,2-3,6-7H2,1H3,(H,14,18).